The van der Waals surface area contributed by atoms with Crippen molar-refractivity contribution in [1.29, 1.82) is 0 Å². The van der Waals surface area contributed by atoms with E-state index in [0.717, 1.165) is 18.9 Å². The van der Waals surface area contributed by atoms with Gasteiger partial charge in [-0.15, -0.1) is 0 Å². The average molecular weight is 1980 g/mol. The number of imide groups is 1. The first kappa shape index (κ1) is 104. The SMILES string of the molecule is CC1(C)OC2[C@@H](O1)[C@@H](CN)O[C@H]2N1C=CC(NC(=O)c2ccccc2)NC1=O.CC1(C)OC2[C@@H](O1)[C@@H](CN=[N+]=[N-])O[C@H]2n1ccc(N)nc1=O.CCC(=O)CC[C@H]1O[C@@H](n2ccc(NC(=O)c3ccccc3)nc2=O)C(O)[C@H]1O.CC[C@H]1O[C@@H](n2ccc(NC(=O)c3ccccc3)nc2=O)C(O)[C@H]1O.O=C(CC[C@H]1O[C@@H](N2C=CC(NC(=O)c3ccccc3)NC2=O)C(O)[C@H]1O)CN1C(=O)c2ccccc2C1=O. The number of azide groups is 1. The molecule has 7 saturated heterocycles. The first-order chi connectivity index (χ1) is 68.4. The zero-order valence-corrected chi connectivity index (χ0v) is 77.9. The molecule has 143 heavy (non-hydrogen) atoms. The lowest BCUT2D eigenvalue weighted by molar-refractivity contribution is -0.196. The molecule has 3 aromatic heterocycles. The maximum Gasteiger partial charge on any atom is 0.351 e. The van der Waals surface area contributed by atoms with Crippen LogP contribution in [0.25, 0.3) is 10.4 Å². The van der Waals surface area contributed by atoms with E-state index < -0.39 is 199 Å². The van der Waals surface area contributed by atoms with Crippen LogP contribution < -0.4 is 60.4 Å². The zero-order chi connectivity index (χ0) is 102. The highest BCUT2D eigenvalue weighted by atomic mass is 16.8. The van der Waals surface area contributed by atoms with E-state index in [0.29, 0.717) is 35.1 Å². The summed E-state index contributed by atoms with van der Waals surface area (Å²) in [6.45, 7) is 10.7. The van der Waals surface area contributed by atoms with Gasteiger partial charge in [-0.25, -0.2) is 24.0 Å². The second kappa shape index (κ2) is 46.1. The number of ether oxygens (including phenoxy) is 9. The average Bonchev–Trinajstić information content (AvgIpc) is 1.59. The monoisotopic (exact) mass is 1980 g/mol. The third-order valence-corrected chi connectivity index (χ3v) is 24.2. The van der Waals surface area contributed by atoms with Gasteiger partial charge in [-0.1, -0.05) is 104 Å². The largest absolute Gasteiger partial charge is 0.388 e. The molecule has 10 aliphatic heterocycles. The molecule has 10 amide bonds. The molecule has 0 bridgehead atoms. The molecule has 10 aliphatic rings. The number of aromatic nitrogens is 6. The smallest absolute Gasteiger partial charge is 0.351 e. The predicted molar refractivity (Wildman–Crippen MR) is 500 cm³/mol. The minimum absolute atomic E-state index is 0.00827. The first-order valence-corrected chi connectivity index (χ1v) is 45.7. The summed E-state index contributed by atoms with van der Waals surface area (Å²) >= 11 is 0. The Morgan fingerprint density at radius 1 is 0.448 bits per heavy atom. The van der Waals surface area contributed by atoms with E-state index in [4.69, 9.17) is 59.6 Å². The summed E-state index contributed by atoms with van der Waals surface area (Å²) in [6.07, 6.45) is -7.34. The van der Waals surface area contributed by atoms with Crippen molar-refractivity contribution in [2.24, 2.45) is 10.8 Å². The molecule has 756 valence electrons. The van der Waals surface area contributed by atoms with Gasteiger partial charge in [0.05, 0.1) is 48.6 Å². The number of amides is 10. The van der Waals surface area contributed by atoms with Crippen LogP contribution in [-0.4, -0.2) is 281 Å². The van der Waals surface area contributed by atoms with Gasteiger partial charge in [0.15, 0.2) is 48.5 Å². The number of benzene rings is 5. The lowest BCUT2D eigenvalue weighted by Crippen LogP contribution is -2.57. The molecule has 8 aromatic rings. The highest BCUT2D eigenvalue weighted by Gasteiger charge is 2.59. The molecular weight excluding hydrogens is 1870 g/mol. The zero-order valence-electron chi connectivity index (χ0n) is 77.9. The van der Waals surface area contributed by atoms with Crippen LogP contribution in [0.1, 0.15) is 161 Å². The standard InChI is InChI=1S/C27H26N4O8.C20H23N3O6.C19H24N4O5.C17H19N3O5.C12H16N6O4/c32-16(14-31-24(36)17-8-4-5-9-18(17)25(31)37)10-11-19-21(33)22(34)26(39-19)30-13-12-20(29-27(30)38)28-23(35)15-6-2-1-3-7-15;1-2-13(24)8-9-14-16(25)17(26)19(29-14)23-11-10-15(22-20(23)28)21-18(27)12-6-4-3-5-7-12;1-19(2)27-14-12(10-20)26-17(15(14)28-19)23-9-8-13(22-18(23)25)21-16(24)11-6-4-3-5-7-11;1-2-11-13(21)14(22)16(25-11)20-9-8-12(19-17(20)24)18-15(23)10-6-4-3-5-7-10;1-12(2)21-8-6(5-15-17-14)20-10(9(8)22-12)18-4-3-7(13)16-11(18)19/h1-9,12-13,19-22,26,33-34H,10-11,14H2,(H,28,35)(H,29,38);3-7,10-11,14,16-17,19,25-26H,2,8-9H2,1H3,(H,21,22,27,28);3-9,12-15,17H,10,20H2,1-2H3,(H,21,24)(H,22,25);3-9,11,13-14,16,21-22H,2H2,1H3,(H,18,19,23,24);3-4,6,8-10H,5H2,1-2H3,(H2,13,16,19)/t19-,20?,21+,22?,26-;14-,16+,17?,19-;12-,13?,14+,15?,17-;11-,13+,14?,16-;6-,8+,9?,10-/m11111/s1. The van der Waals surface area contributed by atoms with Crippen LogP contribution in [0.15, 0.2) is 226 Å². The number of fused-ring (bicyclic) bond motifs is 3. The molecule has 0 spiro atoms. The molecule has 22 atom stereocenters. The van der Waals surface area contributed by atoms with Crippen LogP contribution in [0.4, 0.5) is 27.0 Å². The number of nitrogens with zero attached hydrogens (tertiary/aromatic N) is 12. The highest BCUT2D eigenvalue weighted by Crippen LogP contribution is 2.44. The molecule has 18 rings (SSSR count). The quantitative estimate of drug-likeness (QED) is 0.0160. The van der Waals surface area contributed by atoms with E-state index in [1.807, 2.05) is 26.8 Å². The summed E-state index contributed by atoms with van der Waals surface area (Å²) in [4.78, 5) is 177. The number of nitrogen functional groups attached to an aromatic ring is 1. The summed E-state index contributed by atoms with van der Waals surface area (Å²) in [5.41, 5.74) is 20.0. The second-order valence-electron chi connectivity index (χ2n) is 34.9. The lowest BCUT2D eigenvalue weighted by Gasteiger charge is -2.34. The Kier molecular flexibility index (Phi) is 33.7. The van der Waals surface area contributed by atoms with E-state index in [9.17, 15) is 93.0 Å². The van der Waals surface area contributed by atoms with Crippen LogP contribution in [0, 0.1) is 0 Å². The van der Waals surface area contributed by atoms with E-state index in [-0.39, 0.29) is 97.2 Å². The Balaban J connectivity index is 0.000000144. The van der Waals surface area contributed by atoms with Crippen molar-refractivity contribution in [3.63, 3.8) is 0 Å². The van der Waals surface area contributed by atoms with Gasteiger partial charge in [0.1, 0.15) is 103 Å². The Bertz CT molecular complexity index is 6220. The van der Waals surface area contributed by atoms with Crippen molar-refractivity contribution in [3.8, 4) is 0 Å². The second-order valence-corrected chi connectivity index (χ2v) is 34.9. The van der Waals surface area contributed by atoms with E-state index in [1.54, 1.807) is 160 Å². The van der Waals surface area contributed by atoms with Crippen molar-refractivity contribution in [3.05, 3.63) is 282 Å². The van der Waals surface area contributed by atoms with Crippen LogP contribution >= 0.6 is 0 Å². The Morgan fingerprint density at radius 3 is 1.24 bits per heavy atom. The number of hydrogen-bond acceptors (Lipinski definition) is 34. The number of nitrogens with one attached hydrogen (secondary N) is 6. The van der Waals surface area contributed by atoms with Gasteiger partial charge in [-0.3, -0.25) is 66.8 Å². The van der Waals surface area contributed by atoms with E-state index in [2.05, 4.69) is 56.9 Å². The van der Waals surface area contributed by atoms with Gasteiger partial charge < -0.3 is 117 Å². The molecule has 0 aliphatic carbocycles. The fraction of sp³-hybridized carbons (Fsp3) is 0.411. The number of Topliss-reactive ketones (excluding diaryl/α,β-unsaturated/α-hetero) is 2. The van der Waals surface area contributed by atoms with Crippen LogP contribution in [0.3, 0.4) is 0 Å². The molecule has 48 heteroatoms. The van der Waals surface area contributed by atoms with Gasteiger partial charge in [0.25, 0.3) is 35.4 Å². The molecule has 5 aromatic carbocycles. The number of carbonyl (C=O) groups is 10. The number of urea groups is 2. The van der Waals surface area contributed by atoms with Crippen molar-refractivity contribution in [1.82, 2.24) is 64.6 Å². The first-order valence-electron chi connectivity index (χ1n) is 45.7. The number of aliphatic hydroxyl groups is 6. The number of anilines is 3. The van der Waals surface area contributed by atoms with Gasteiger partial charge in [-0.05, 0) is 144 Å². The number of hydrogen-bond donors (Lipinski definition) is 14. The maximum absolute atomic E-state index is 12.7. The Hall–Kier alpha value is -14.4. The van der Waals surface area contributed by atoms with Crippen molar-refractivity contribution >= 4 is 76.5 Å². The molecule has 0 saturated carbocycles. The van der Waals surface area contributed by atoms with Gasteiger partial charge in [0.2, 0.25) is 0 Å². The Morgan fingerprint density at radius 2 is 0.818 bits per heavy atom. The van der Waals surface area contributed by atoms with Crippen LogP contribution in [0.5, 0.6) is 0 Å². The summed E-state index contributed by atoms with van der Waals surface area (Å²) in [5.74, 6) is -4.26. The lowest BCUT2D eigenvalue weighted by atomic mass is 10.0. The number of aliphatic hydroxyl groups excluding tert-OH is 6. The van der Waals surface area contributed by atoms with Crippen molar-refractivity contribution < 1.29 is 121 Å². The molecular formula is C95H108N20O28. The third-order valence-electron chi connectivity index (χ3n) is 24.2. The van der Waals surface area contributed by atoms with Gasteiger partial charge in [-0.2, -0.15) is 15.0 Å². The number of rotatable bonds is 26. The summed E-state index contributed by atoms with van der Waals surface area (Å²) in [7, 11) is 0. The number of carbonyl (C=O) groups excluding carboxylic acids is 10. The predicted octanol–water partition coefficient (Wildman–Crippen LogP) is 2.81. The minimum atomic E-state index is -1.47. The van der Waals surface area contributed by atoms with E-state index >= 15 is 0 Å². The summed E-state index contributed by atoms with van der Waals surface area (Å²) < 4.78 is 55.5. The molecule has 16 N–H and O–H groups in total. The van der Waals surface area contributed by atoms with Gasteiger partial charge in [0, 0.05) is 84.0 Å². The molecule has 48 nitrogen and oxygen atoms in total. The van der Waals surface area contributed by atoms with Crippen LogP contribution in [-0.2, 0) is 52.2 Å². The normalized spacial score (nSPS) is 27.9. The fourth-order valence-corrected chi connectivity index (χ4v) is 17.1. The molecule has 0 radical (unpaired) electrons. The van der Waals surface area contributed by atoms with E-state index in [1.165, 1.54) is 70.7 Å². The molecule has 13 heterocycles. The fourth-order valence-electron chi connectivity index (χ4n) is 17.1. The van der Waals surface area contributed by atoms with Crippen molar-refractivity contribution in [2.75, 3.05) is 36.0 Å². The van der Waals surface area contributed by atoms with Crippen molar-refractivity contribution in [2.45, 2.75) is 227 Å². The van der Waals surface area contributed by atoms with Gasteiger partial charge >= 0.3 is 29.1 Å². The highest BCUT2D eigenvalue weighted by molar-refractivity contribution is 6.22. The maximum atomic E-state index is 12.7. The minimum Gasteiger partial charge on any atom is -0.388 e. The topological polar surface area (TPSA) is 663 Å². The summed E-state index contributed by atoms with van der Waals surface area (Å²) in [5, 5.41) is 80.8. The number of ketones is 2. The molecule has 7 fully saturated rings. The summed E-state index contributed by atoms with van der Waals surface area (Å²) in [6, 6.07) is 43.8. The number of nitrogens with two attached hydrogens (primary N) is 2. The third kappa shape index (κ3) is 24.7. The molecule has 7 unspecified atom stereocenters. The van der Waals surface area contributed by atoms with Crippen LogP contribution in [0.2, 0.25) is 0 Å². The Labute approximate surface area is 814 Å².